The molecule has 2 N–H and O–H groups in total. The Hall–Kier alpha value is -3.56. The molecule has 5 rings (SSSR count). The molecular weight excluding hydrogens is 454 g/mol. The lowest BCUT2D eigenvalue weighted by Gasteiger charge is -2.32. The number of hydrogen-bond donors (Lipinski definition) is 2. The van der Waals surface area contributed by atoms with Crippen LogP contribution in [0.25, 0.3) is 28.4 Å². The van der Waals surface area contributed by atoms with Crippen molar-refractivity contribution in [2.75, 3.05) is 32.1 Å². The van der Waals surface area contributed by atoms with Crippen LogP contribution in [0.5, 0.6) is 5.75 Å². The Bertz CT molecular complexity index is 1300. The molecule has 0 saturated heterocycles. The molecule has 3 heterocycles. The summed E-state index contributed by atoms with van der Waals surface area (Å²) in [7, 11) is 3.93. The molecule has 4 aromatic rings. The van der Waals surface area contributed by atoms with Crippen LogP contribution in [0, 0.1) is 0 Å². The second kappa shape index (κ2) is 11.0. The van der Waals surface area contributed by atoms with E-state index in [1.54, 1.807) is 19.4 Å². The molecule has 1 aliphatic rings. The Labute approximate surface area is 211 Å². The first-order valence-corrected chi connectivity index (χ1v) is 12.6. The number of anilines is 1. The lowest BCUT2D eigenvalue weighted by molar-refractivity contribution is 0.108. The summed E-state index contributed by atoms with van der Waals surface area (Å²) in [5.41, 5.74) is 3.31. The van der Waals surface area contributed by atoms with Crippen LogP contribution in [0.15, 0.2) is 55.1 Å². The zero-order valence-corrected chi connectivity index (χ0v) is 20.8. The molecule has 9 heteroatoms. The van der Waals surface area contributed by atoms with Crippen LogP contribution in [-0.2, 0) is 0 Å². The molecule has 0 bridgehead atoms. The fourth-order valence-electron chi connectivity index (χ4n) is 4.77. The van der Waals surface area contributed by atoms with Crippen molar-refractivity contribution in [3.05, 3.63) is 55.1 Å². The second-order valence-electron chi connectivity index (χ2n) is 9.34. The predicted molar refractivity (Wildman–Crippen MR) is 140 cm³/mol. The molecule has 0 spiro atoms. The first-order chi connectivity index (χ1) is 17.6. The quantitative estimate of drug-likeness (QED) is 0.370. The fraction of sp³-hybridized carbons (Fsp3) is 0.407. The SMILES string of the molecule is CNC[C@@H](O)COc1cccc(-c2nc(-c3cnc4cnccn34)cc(N(C)C3CCCCC3)n2)c1. The highest BCUT2D eigenvalue weighted by Crippen LogP contribution is 2.31. The van der Waals surface area contributed by atoms with Gasteiger partial charge in [-0.25, -0.2) is 15.0 Å². The Kier molecular flexibility index (Phi) is 7.39. The third kappa shape index (κ3) is 5.32. The van der Waals surface area contributed by atoms with E-state index in [2.05, 4.69) is 33.3 Å². The summed E-state index contributed by atoms with van der Waals surface area (Å²) < 4.78 is 7.83. The Balaban J connectivity index is 1.53. The van der Waals surface area contributed by atoms with Crippen molar-refractivity contribution in [3.8, 4) is 28.5 Å². The molecule has 1 saturated carbocycles. The number of imidazole rings is 1. The van der Waals surface area contributed by atoms with Gasteiger partial charge in [0.25, 0.3) is 0 Å². The van der Waals surface area contributed by atoms with Gasteiger partial charge in [-0.15, -0.1) is 0 Å². The lowest BCUT2D eigenvalue weighted by Crippen LogP contribution is -2.34. The first kappa shape index (κ1) is 24.1. The molecule has 0 unspecified atom stereocenters. The van der Waals surface area contributed by atoms with Gasteiger partial charge in [-0.2, -0.15) is 0 Å². The van der Waals surface area contributed by atoms with E-state index in [0.29, 0.717) is 24.2 Å². The normalized spacial score (nSPS) is 15.2. The molecule has 3 aromatic heterocycles. The van der Waals surface area contributed by atoms with Gasteiger partial charge < -0.3 is 20.1 Å². The van der Waals surface area contributed by atoms with Gasteiger partial charge in [0.15, 0.2) is 11.5 Å². The van der Waals surface area contributed by atoms with E-state index >= 15 is 0 Å². The molecule has 1 atom stereocenters. The summed E-state index contributed by atoms with van der Waals surface area (Å²) in [5.74, 6) is 2.18. The molecule has 9 nitrogen and oxygen atoms in total. The van der Waals surface area contributed by atoms with Crippen LogP contribution in [-0.4, -0.2) is 68.8 Å². The highest BCUT2D eigenvalue weighted by molar-refractivity contribution is 5.68. The number of ether oxygens (including phenoxy) is 1. The number of rotatable bonds is 9. The van der Waals surface area contributed by atoms with E-state index in [-0.39, 0.29) is 6.61 Å². The number of nitrogens with one attached hydrogen (secondary N) is 1. The average Bonchev–Trinajstić information content (AvgIpc) is 3.36. The van der Waals surface area contributed by atoms with Crippen molar-refractivity contribution in [2.45, 2.75) is 44.2 Å². The molecule has 1 fully saturated rings. The van der Waals surface area contributed by atoms with Crippen molar-refractivity contribution in [1.82, 2.24) is 29.7 Å². The van der Waals surface area contributed by atoms with Gasteiger partial charge in [-0.05, 0) is 32.0 Å². The monoisotopic (exact) mass is 487 g/mol. The zero-order chi connectivity index (χ0) is 24.9. The van der Waals surface area contributed by atoms with Crippen LogP contribution in [0.1, 0.15) is 32.1 Å². The van der Waals surface area contributed by atoms with E-state index < -0.39 is 6.10 Å². The number of likely N-dealkylation sites (N-methyl/N-ethyl adjacent to an activating group) is 1. The fourth-order valence-corrected chi connectivity index (χ4v) is 4.77. The zero-order valence-electron chi connectivity index (χ0n) is 20.8. The van der Waals surface area contributed by atoms with E-state index in [1.807, 2.05) is 41.1 Å². The van der Waals surface area contributed by atoms with E-state index in [9.17, 15) is 5.11 Å². The second-order valence-corrected chi connectivity index (χ2v) is 9.34. The topological polar surface area (TPSA) is 101 Å². The molecule has 1 aliphatic carbocycles. The highest BCUT2D eigenvalue weighted by Gasteiger charge is 2.22. The van der Waals surface area contributed by atoms with Crippen molar-refractivity contribution < 1.29 is 9.84 Å². The molecule has 1 aromatic carbocycles. The standard InChI is InChI=1S/C27H33N7O2/c1-28-15-21(35)18-36-22-10-6-7-19(13-22)27-31-23(24-16-30-26-17-29-11-12-34(24)26)14-25(32-27)33(2)20-8-4-3-5-9-20/h6-7,10-14,16-17,20-21,28,35H,3-5,8-9,15,18H2,1-2H3/t21-/m1/s1. The minimum absolute atomic E-state index is 0.205. The highest BCUT2D eigenvalue weighted by atomic mass is 16.5. The molecular formula is C27H33N7O2. The van der Waals surface area contributed by atoms with Gasteiger partial charge in [0.1, 0.15) is 24.3 Å². The van der Waals surface area contributed by atoms with Gasteiger partial charge >= 0.3 is 0 Å². The maximum atomic E-state index is 10.0. The van der Waals surface area contributed by atoms with Crippen LogP contribution in [0.2, 0.25) is 0 Å². The average molecular weight is 488 g/mol. The summed E-state index contributed by atoms with van der Waals surface area (Å²) in [6.07, 6.45) is 12.8. The number of aliphatic hydroxyl groups is 1. The summed E-state index contributed by atoms with van der Waals surface area (Å²) >= 11 is 0. The number of nitrogens with zero attached hydrogens (tertiary/aromatic N) is 6. The molecule has 36 heavy (non-hydrogen) atoms. The molecule has 188 valence electrons. The molecule has 0 amide bonds. The summed E-state index contributed by atoms with van der Waals surface area (Å²) in [6, 6.07) is 10.2. The van der Waals surface area contributed by atoms with Gasteiger partial charge in [-0.3, -0.25) is 9.38 Å². The van der Waals surface area contributed by atoms with Crippen LogP contribution < -0.4 is 15.0 Å². The maximum absolute atomic E-state index is 10.0. The number of aliphatic hydroxyl groups excluding tert-OH is 1. The number of aromatic nitrogens is 5. The lowest BCUT2D eigenvalue weighted by atomic mass is 9.94. The predicted octanol–water partition coefficient (Wildman–Crippen LogP) is 3.58. The Morgan fingerprint density at radius 1 is 1.17 bits per heavy atom. The molecule has 0 aliphatic heterocycles. The van der Waals surface area contributed by atoms with Crippen LogP contribution in [0.3, 0.4) is 0 Å². The first-order valence-electron chi connectivity index (χ1n) is 12.6. The number of fused-ring (bicyclic) bond motifs is 1. The maximum Gasteiger partial charge on any atom is 0.162 e. The van der Waals surface area contributed by atoms with Gasteiger partial charge in [0.2, 0.25) is 0 Å². The van der Waals surface area contributed by atoms with E-state index in [1.165, 1.54) is 32.1 Å². The third-order valence-electron chi connectivity index (χ3n) is 6.75. The number of hydrogen-bond acceptors (Lipinski definition) is 8. The minimum Gasteiger partial charge on any atom is -0.491 e. The van der Waals surface area contributed by atoms with Crippen molar-refractivity contribution in [1.29, 1.82) is 0 Å². The van der Waals surface area contributed by atoms with Crippen molar-refractivity contribution in [3.63, 3.8) is 0 Å². The van der Waals surface area contributed by atoms with Gasteiger partial charge in [0.05, 0.1) is 23.8 Å². The summed E-state index contributed by atoms with van der Waals surface area (Å²) in [4.78, 5) is 20.9. The van der Waals surface area contributed by atoms with E-state index in [0.717, 1.165) is 28.4 Å². The van der Waals surface area contributed by atoms with Gasteiger partial charge in [-0.1, -0.05) is 31.4 Å². The summed E-state index contributed by atoms with van der Waals surface area (Å²) in [5, 5.41) is 13.0. The van der Waals surface area contributed by atoms with Crippen LogP contribution in [0.4, 0.5) is 5.82 Å². The third-order valence-corrected chi connectivity index (χ3v) is 6.75. The molecule has 0 radical (unpaired) electrons. The Morgan fingerprint density at radius 3 is 2.86 bits per heavy atom. The smallest absolute Gasteiger partial charge is 0.162 e. The Morgan fingerprint density at radius 2 is 2.03 bits per heavy atom. The largest absolute Gasteiger partial charge is 0.491 e. The number of benzene rings is 1. The van der Waals surface area contributed by atoms with Gasteiger partial charge in [0, 0.05) is 43.7 Å². The van der Waals surface area contributed by atoms with Crippen molar-refractivity contribution >= 4 is 11.5 Å². The summed E-state index contributed by atoms with van der Waals surface area (Å²) in [6.45, 7) is 0.674. The van der Waals surface area contributed by atoms with Crippen molar-refractivity contribution in [2.24, 2.45) is 0 Å². The van der Waals surface area contributed by atoms with E-state index in [4.69, 9.17) is 14.7 Å². The van der Waals surface area contributed by atoms with Crippen LogP contribution >= 0.6 is 0 Å². The minimum atomic E-state index is -0.585.